The van der Waals surface area contributed by atoms with Gasteiger partial charge in [0.25, 0.3) is 0 Å². The van der Waals surface area contributed by atoms with Crippen molar-refractivity contribution in [3.05, 3.63) is 64.7 Å². The first-order valence-electron chi connectivity index (χ1n) is 7.66. The van der Waals surface area contributed by atoms with Crippen LogP contribution < -0.4 is 4.74 Å². The Morgan fingerprint density at radius 1 is 1.12 bits per heavy atom. The van der Waals surface area contributed by atoms with E-state index in [0.29, 0.717) is 16.3 Å². The molecular formula is C19H17ClO4. The number of carbonyl (C=O) groups excluding carboxylic acids is 2. The fraction of sp³-hybridized carbons (Fsp3) is 0.263. The number of halogens is 1. The molecule has 1 saturated carbocycles. The number of carbonyl (C=O) groups is 2. The topological polar surface area (TPSA) is 52.6 Å². The van der Waals surface area contributed by atoms with Gasteiger partial charge < -0.3 is 9.47 Å². The molecule has 0 radical (unpaired) electrons. The van der Waals surface area contributed by atoms with Crippen LogP contribution in [0.15, 0.2) is 48.5 Å². The fourth-order valence-corrected chi connectivity index (χ4v) is 2.78. The van der Waals surface area contributed by atoms with E-state index < -0.39 is 5.41 Å². The molecule has 2 aromatic carbocycles. The zero-order valence-electron chi connectivity index (χ0n) is 13.3. The van der Waals surface area contributed by atoms with Gasteiger partial charge in [0.1, 0.15) is 5.75 Å². The molecule has 0 saturated heterocycles. The fourth-order valence-electron chi connectivity index (χ4n) is 2.65. The van der Waals surface area contributed by atoms with Gasteiger partial charge in [-0.05, 0) is 42.7 Å². The lowest BCUT2D eigenvalue weighted by atomic mass is 9.96. The maximum atomic E-state index is 12.4. The molecule has 4 nitrogen and oxygen atoms in total. The number of methoxy groups -OCH3 is 1. The average Bonchev–Trinajstić information content (AvgIpc) is 3.42. The predicted molar refractivity (Wildman–Crippen MR) is 90.6 cm³/mol. The van der Waals surface area contributed by atoms with Gasteiger partial charge in [-0.15, -0.1) is 0 Å². The van der Waals surface area contributed by atoms with Crippen molar-refractivity contribution in [1.29, 1.82) is 0 Å². The van der Waals surface area contributed by atoms with Gasteiger partial charge in [-0.3, -0.25) is 9.59 Å². The molecule has 24 heavy (non-hydrogen) atoms. The van der Waals surface area contributed by atoms with Gasteiger partial charge in [-0.1, -0.05) is 35.9 Å². The Hall–Kier alpha value is -2.33. The number of hydrogen-bond acceptors (Lipinski definition) is 4. The van der Waals surface area contributed by atoms with Crippen molar-refractivity contribution in [3.63, 3.8) is 0 Å². The summed E-state index contributed by atoms with van der Waals surface area (Å²) in [5.41, 5.74) is 0.711. The molecule has 0 N–H and O–H groups in total. The zero-order chi connectivity index (χ0) is 17.2. The summed E-state index contributed by atoms with van der Waals surface area (Å²) in [6.45, 7) is -0.276. The summed E-state index contributed by atoms with van der Waals surface area (Å²) >= 11 is 5.89. The Bertz CT molecular complexity index is 763. The number of ketones is 1. The number of esters is 1. The molecule has 1 aliphatic rings. The highest BCUT2D eigenvalue weighted by Crippen LogP contribution is 2.49. The SMILES string of the molecule is COc1cccc(C(=O)COC(=O)C2(c3ccc(Cl)cc3)CC2)c1. The molecule has 0 heterocycles. The van der Waals surface area contributed by atoms with E-state index in [1.807, 2.05) is 12.1 Å². The summed E-state index contributed by atoms with van der Waals surface area (Å²) in [7, 11) is 1.53. The molecule has 0 bridgehead atoms. The molecule has 5 heteroatoms. The molecule has 0 aliphatic heterocycles. The first kappa shape index (κ1) is 16.5. The second kappa shape index (κ2) is 6.65. The van der Waals surface area contributed by atoms with Crippen molar-refractivity contribution < 1.29 is 19.1 Å². The van der Waals surface area contributed by atoms with Gasteiger partial charge in [-0.25, -0.2) is 0 Å². The van der Waals surface area contributed by atoms with Crippen LogP contribution in [0.4, 0.5) is 0 Å². The minimum Gasteiger partial charge on any atom is -0.497 e. The van der Waals surface area contributed by atoms with Crippen molar-refractivity contribution in [1.82, 2.24) is 0 Å². The summed E-state index contributed by atoms with van der Waals surface area (Å²) in [5.74, 6) is -0.0257. The third-order valence-electron chi connectivity index (χ3n) is 4.26. The van der Waals surface area contributed by atoms with Gasteiger partial charge in [0.2, 0.25) is 0 Å². The van der Waals surface area contributed by atoms with Crippen LogP contribution in [0.1, 0.15) is 28.8 Å². The Kier molecular flexibility index (Phi) is 4.58. The molecule has 0 unspecified atom stereocenters. The van der Waals surface area contributed by atoms with Gasteiger partial charge in [0, 0.05) is 10.6 Å². The van der Waals surface area contributed by atoms with Crippen LogP contribution in [-0.2, 0) is 14.9 Å². The molecule has 1 aliphatic carbocycles. The van der Waals surface area contributed by atoms with Gasteiger partial charge >= 0.3 is 5.97 Å². The van der Waals surface area contributed by atoms with Gasteiger partial charge in [-0.2, -0.15) is 0 Å². The highest BCUT2D eigenvalue weighted by atomic mass is 35.5. The zero-order valence-corrected chi connectivity index (χ0v) is 14.0. The van der Waals surface area contributed by atoms with Crippen molar-refractivity contribution in [3.8, 4) is 5.75 Å². The number of rotatable bonds is 6. The lowest BCUT2D eigenvalue weighted by Gasteiger charge is -2.14. The second-order valence-electron chi connectivity index (χ2n) is 5.82. The highest BCUT2D eigenvalue weighted by molar-refractivity contribution is 6.30. The Labute approximate surface area is 145 Å². The van der Waals surface area contributed by atoms with E-state index in [9.17, 15) is 9.59 Å². The largest absolute Gasteiger partial charge is 0.497 e. The number of hydrogen-bond donors (Lipinski definition) is 0. The van der Waals surface area contributed by atoms with Crippen LogP contribution in [0, 0.1) is 0 Å². The number of ether oxygens (including phenoxy) is 2. The molecule has 2 aromatic rings. The summed E-state index contributed by atoms with van der Waals surface area (Å²) in [6, 6.07) is 14.0. The Balaban J connectivity index is 1.65. The molecule has 0 aromatic heterocycles. The summed E-state index contributed by atoms with van der Waals surface area (Å²) < 4.78 is 10.4. The third-order valence-corrected chi connectivity index (χ3v) is 4.52. The minimum absolute atomic E-state index is 0.255. The van der Waals surface area contributed by atoms with Crippen LogP contribution in [0.25, 0.3) is 0 Å². The van der Waals surface area contributed by atoms with Crippen LogP contribution >= 0.6 is 11.6 Å². The van der Waals surface area contributed by atoms with Crippen molar-refractivity contribution in [2.24, 2.45) is 0 Å². The summed E-state index contributed by atoms with van der Waals surface area (Å²) in [5, 5.41) is 0.621. The normalized spacial score (nSPS) is 14.8. The van der Waals surface area contributed by atoms with Gasteiger partial charge in [0.05, 0.1) is 12.5 Å². The maximum absolute atomic E-state index is 12.4. The third kappa shape index (κ3) is 3.29. The number of benzene rings is 2. The second-order valence-corrected chi connectivity index (χ2v) is 6.26. The first-order chi connectivity index (χ1) is 11.5. The smallest absolute Gasteiger partial charge is 0.317 e. The minimum atomic E-state index is -0.626. The van der Waals surface area contributed by atoms with E-state index in [0.717, 1.165) is 18.4 Å². The van der Waals surface area contributed by atoms with E-state index in [4.69, 9.17) is 21.1 Å². The van der Waals surface area contributed by atoms with E-state index in [1.165, 1.54) is 7.11 Å². The van der Waals surface area contributed by atoms with Crippen molar-refractivity contribution >= 4 is 23.4 Å². The maximum Gasteiger partial charge on any atom is 0.317 e. The molecule has 1 fully saturated rings. The number of Topliss-reactive ketones (excluding diaryl/α,β-unsaturated/α-hetero) is 1. The molecule has 0 atom stereocenters. The molecule has 0 amide bonds. The quantitative estimate of drug-likeness (QED) is 0.590. The van der Waals surface area contributed by atoms with Crippen LogP contribution in [0.2, 0.25) is 5.02 Å². The molecule has 0 spiro atoms. The average molecular weight is 345 g/mol. The standard InChI is InChI=1S/C19H17ClO4/c1-23-16-4-2-3-13(11-16)17(21)12-24-18(22)19(9-10-19)14-5-7-15(20)8-6-14/h2-8,11H,9-10,12H2,1H3. The van der Waals surface area contributed by atoms with E-state index in [1.54, 1.807) is 36.4 Å². The summed E-state index contributed by atoms with van der Waals surface area (Å²) in [6.07, 6.45) is 1.45. The lowest BCUT2D eigenvalue weighted by molar-refractivity contribution is -0.145. The Morgan fingerprint density at radius 3 is 2.46 bits per heavy atom. The predicted octanol–water partition coefficient (Wildman–Crippen LogP) is 3.81. The van der Waals surface area contributed by atoms with E-state index in [-0.39, 0.29) is 18.4 Å². The summed E-state index contributed by atoms with van der Waals surface area (Å²) in [4.78, 5) is 24.6. The monoisotopic (exact) mass is 344 g/mol. The highest BCUT2D eigenvalue weighted by Gasteiger charge is 2.52. The van der Waals surface area contributed by atoms with Crippen LogP contribution in [0.5, 0.6) is 5.75 Å². The molecule has 124 valence electrons. The van der Waals surface area contributed by atoms with E-state index in [2.05, 4.69) is 0 Å². The van der Waals surface area contributed by atoms with Crippen molar-refractivity contribution in [2.45, 2.75) is 18.3 Å². The molecule has 3 rings (SSSR count). The van der Waals surface area contributed by atoms with E-state index >= 15 is 0 Å². The first-order valence-corrected chi connectivity index (χ1v) is 8.03. The van der Waals surface area contributed by atoms with Crippen molar-refractivity contribution in [2.75, 3.05) is 13.7 Å². The van der Waals surface area contributed by atoms with Gasteiger partial charge in [0.15, 0.2) is 12.4 Å². The van der Waals surface area contributed by atoms with Crippen LogP contribution in [-0.4, -0.2) is 25.5 Å². The lowest BCUT2D eigenvalue weighted by Crippen LogP contribution is -2.25. The molecular weight excluding hydrogens is 328 g/mol. The van der Waals surface area contributed by atoms with Crippen LogP contribution in [0.3, 0.4) is 0 Å². The Morgan fingerprint density at radius 2 is 1.83 bits per heavy atom.